The van der Waals surface area contributed by atoms with E-state index in [-0.39, 0.29) is 18.9 Å². The van der Waals surface area contributed by atoms with E-state index in [0.29, 0.717) is 6.04 Å². The van der Waals surface area contributed by atoms with E-state index >= 15 is 0 Å². The standard InChI is InChI=1S/C12H16N2O3S/c15-11(7-13-8-3-4-8)14-9(6-12(16)17)10-2-1-5-18-10/h1-2,5,8-9,13H,3-4,6-7H2,(H,14,15)(H,16,17). The molecule has 1 aromatic heterocycles. The number of carbonyl (C=O) groups is 2. The predicted octanol–water partition coefficient (Wildman–Crippen LogP) is 1.13. The number of nitrogens with one attached hydrogen (secondary N) is 2. The number of rotatable bonds is 7. The van der Waals surface area contributed by atoms with E-state index in [1.807, 2.05) is 17.5 Å². The van der Waals surface area contributed by atoms with Crippen molar-refractivity contribution in [2.75, 3.05) is 6.54 Å². The zero-order valence-corrected chi connectivity index (χ0v) is 10.7. The van der Waals surface area contributed by atoms with E-state index in [1.165, 1.54) is 11.3 Å². The van der Waals surface area contributed by atoms with Gasteiger partial charge in [-0.2, -0.15) is 0 Å². The number of hydrogen-bond acceptors (Lipinski definition) is 4. The Kier molecular flexibility index (Phi) is 4.33. The molecule has 98 valence electrons. The Bertz CT molecular complexity index is 415. The summed E-state index contributed by atoms with van der Waals surface area (Å²) in [4.78, 5) is 23.4. The third-order valence-electron chi connectivity index (χ3n) is 2.73. The Morgan fingerprint density at radius 2 is 2.28 bits per heavy atom. The maximum atomic E-state index is 11.7. The van der Waals surface area contributed by atoms with E-state index in [2.05, 4.69) is 10.6 Å². The number of carboxylic acids is 1. The largest absolute Gasteiger partial charge is 0.481 e. The van der Waals surface area contributed by atoms with Gasteiger partial charge < -0.3 is 15.7 Å². The first kappa shape index (κ1) is 13.0. The van der Waals surface area contributed by atoms with Gasteiger partial charge in [0.25, 0.3) is 0 Å². The zero-order chi connectivity index (χ0) is 13.0. The molecule has 1 aliphatic rings. The molecule has 1 unspecified atom stereocenters. The second-order valence-corrected chi connectivity index (χ2v) is 5.37. The van der Waals surface area contributed by atoms with Gasteiger partial charge in [-0.05, 0) is 24.3 Å². The van der Waals surface area contributed by atoms with Crippen molar-refractivity contribution in [3.05, 3.63) is 22.4 Å². The molecule has 1 heterocycles. The molecule has 1 fully saturated rings. The summed E-state index contributed by atoms with van der Waals surface area (Å²) < 4.78 is 0. The lowest BCUT2D eigenvalue weighted by Crippen LogP contribution is -2.37. The lowest BCUT2D eigenvalue weighted by Gasteiger charge is -2.15. The number of thiophene rings is 1. The van der Waals surface area contributed by atoms with Crippen LogP contribution in [0.5, 0.6) is 0 Å². The van der Waals surface area contributed by atoms with Crippen LogP contribution < -0.4 is 10.6 Å². The molecule has 0 bridgehead atoms. The van der Waals surface area contributed by atoms with Crippen molar-refractivity contribution < 1.29 is 14.7 Å². The summed E-state index contributed by atoms with van der Waals surface area (Å²) >= 11 is 1.45. The quantitative estimate of drug-likeness (QED) is 0.692. The van der Waals surface area contributed by atoms with Crippen molar-refractivity contribution in [2.45, 2.75) is 31.3 Å². The molecule has 0 aromatic carbocycles. The molecule has 1 aromatic rings. The molecular weight excluding hydrogens is 252 g/mol. The zero-order valence-electron chi connectivity index (χ0n) is 9.89. The fourth-order valence-electron chi connectivity index (χ4n) is 1.66. The molecule has 2 rings (SSSR count). The van der Waals surface area contributed by atoms with Crippen LogP contribution in [-0.2, 0) is 9.59 Å². The van der Waals surface area contributed by atoms with Gasteiger partial charge in [0.2, 0.25) is 5.91 Å². The molecule has 0 saturated heterocycles. The molecule has 1 saturated carbocycles. The summed E-state index contributed by atoms with van der Waals surface area (Å²) in [7, 11) is 0. The van der Waals surface area contributed by atoms with Gasteiger partial charge in [0.1, 0.15) is 0 Å². The first-order chi connectivity index (χ1) is 8.65. The summed E-state index contributed by atoms with van der Waals surface area (Å²) in [6, 6.07) is 3.72. The van der Waals surface area contributed by atoms with Gasteiger partial charge in [-0.15, -0.1) is 11.3 Å². The second kappa shape index (κ2) is 5.97. The molecule has 5 nitrogen and oxygen atoms in total. The average molecular weight is 268 g/mol. The molecular formula is C12H16N2O3S. The van der Waals surface area contributed by atoms with Gasteiger partial charge in [0, 0.05) is 10.9 Å². The minimum atomic E-state index is -0.913. The van der Waals surface area contributed by atoms with Crippen LogP contribution in [0.2, 0.25) is 0 Å². The minimum Gasteiger partial charge on any atom is -0.481 e. The first-order valence-corrected chi connectivity index (χ1v) is 6.81. The third kappa shape index (κ3) is 4.12. The highest BCUT2D eigenvalue weighted by Crippen LogP contribution is 2.22. The summed E-state index contributed by atoms with van der Waals surface area (Å²) in [6.45, 7) is 0.256. The first-order valence-electron chi connectivity index (χ1n) is 5.93. The fourth-order valence-corrected chi connectivity index (χ4v) is 2.43. The smallest absolute Gasteiger partial charge is 0.305 e. The van der Waals surface area contributed by atoms with E-state index < -0.39 is 12.0 Å². The van der Waals surface area contributed by atoms with Crippen molar-refractivity contribution in [3.63, 3.8) is 0 Å². The minimum absolute atomic E-state index is 0.0876. The maximum absolute atomic E-state index is 11.7. The molecule has 1 atom stereocenters. The van der Waals surface area contributed by atoms with Crippen molar-refractivity contribution >= 4 is 23.2 Å². The fraction of sp³-hybridized carbons (Fsp3) is 0.500. The SMILES string of the molecule is O=C(O)CC(NC(=O)CNC1CC1)c1cccs1. The van der Waals surface area contributed by atoms with Crippen LogP contribution in [0.4, 0.5) is 0 Å². The highest BCUT2D eigenvalue weighted by Gasteiger charge is 2.23. The van der Waals surface area contributed by atoms with Gasteiger partial charge in [-0.3, -0.25) is 9.59 Å². The molecule has 3 N–H and O–H groups in total. The molecule has 0 aliphatic heterocycles. The van der Waals surface area contributed by atoms with Crippen molar-refractivity contribution in [3.8, 4) is 0 Å². The Morgan fingerprint density at radius 3 is 2.83 bits per heavy atom. The van der Waals surface area contributed by atoms with Crippen LogP contribution in [0.1, 0.15) is 30.2 Å². The maximum Gasteiger partial charge on any atom is 0.305 e. The Balaban J connectivity index is 1.87. The highest BCUT2D eigenvalue weighted by molar-refractivity contribution is 7.10. The molecule has 0 spiro atoms. The Hall–Kier alpha value is -1.40. The van der Waals surface area contributed by atoms with Crippen LogP contribution >= 0.6 is 11.3 Å². The Morgan fingerprint density at radius 1 is 1.50 bits per heavy atom. The number of amides is 1. The van der Waals surface area contributed by atoms with Crippen LogP contribution in [-0.4, -0.2) is 29.6 Å². The van der Waals surface area contributed by atoms with E-state index in [1.54, 1.807) is 0 Å². The van der Waals surface area contributed by atoms with Crippen molar-refractivity contribution in [1.82, 2.24) is 10.6 Å². The van der Waals surface area contributed by atoms with Crippen LogP contribution in [0.15, 0.2) is 17.5 Å². The van der Waals surface area contributed by atoms with Crippen molar-refractivity contribution in [2.24, 2.45) is 0 Å². The van der Waals surface area contributed by atoms with Crippen LogP contribution in [0.3, 0.4) is 0 Å². The number of carboxylic acid groups (broad SMARTS) is 1. The molecule has 1 amide bonds. The number of hydrogen-bond donors (Lipinski definition) is 3. The topological polar surface area (TPSA) is 78.4 Å². The van der Waals surface area contributed by atoms with Crippen LogP contribution in [0, 0.1) is 0 Å². The van der Waals surface area contributed by atoms with Gasteiger partial charge >= 0.3 is 5.97 Å². The van der Waals surface area contributed by atoms with E-state index in [9.17, 15) is 9.59 Å². The van der Waals surface area contributed by atoms with Gasteiger partial charge in [0.15, 0.2) is 0 Å². The monoisotopic (exact) mass is 268 g/mol. The third-order valence-corrected chi connectivity index (χ3v) is 3.72. The normalized spacial score (nSPS) is 16.2. The highest BCUT2D eigenvalue weighted by atomic mass is 32.1. The van der Waals surface area contributed by atoms with Crippen LogP contribution in [0.25, 0.3) is 0 Å². The van der Waals surface area contributed by atoms with E-state index in [4.69, 9.17) is 5.11 Å². The Labute approximate surface area is 109 Å². The molecule has 6 heteroatoms. The van der Waals surface area contributed by atoms with Gasteiger partial charge in [0.05, 0.1) is 19.0 Å². The summed E-state index contributed by atoms with van der Waals surface area (Å²) in [5, 5.41) is 16.6. The lowest BCUT2D eigenvalue weighted by molar-refractivity contribution is -0.137. The molecule has 18 heavy (non-hydrogen) atoms. The second-order valence-electron chi connectivity index (χ2n) is 4.39. The lowest BCUT2D eigenvalue weighted by atomic mass is 10.1. The average Bonchev–Trinajstić information content (AvgIpc) is 2.97. The number of aliphatic carboxylic acids is 1. The summed E-state index contributed by atoms with van der Waals surface area (Å²) in [5.41, 5.74) is 0. The summed E-state index contributed by atoms with van der Waals surface area (Å²) in [5.74, 6) is -1.06. The van der Waals surface area contributed by atoms with Gasteiger partial charge in [-0.1, -0.05) is 6.07 Å². The number of carbonyl (C=O) groups excluding carboxylic acids is 1. The molecule has 1 aliphatic carbocycles. The molecule has 0 radical (unpaired) electrons. The summed E-state index contributed by atoms with van der Waals surface area (Å²) in [6.07, 6.45) is 2.16. The predicted molar refractivity (Wildman–Crippen MR) is 68.5 cm³/mol. The van der Waals surface area contributed by atoms with E-state index in [0.717, 1.165) is 17.7 Å². The van der Waals surface area contributed by atoms with Gasteiger partial charge in [-0.25, -0.2) is 0 Å². The van der Waals surface area contributed by atoms with Crippen molar-refractivity contribution in [1.29, 1.82) is 0 Å².